The van der Waals surface area contributed by atoms with Crippen molar-refractivity contribution in [3.63, 3.8) is 0 Å². The molecule has 9 heteroatoms. The lowest BCUT2D eigenvalue weighted by atomic mass is 9.79. The van der Waals surface area contributed by atoms with Crippen LogP contribution in [0.4, 0.5) is 5.82 Å². The van der Waals surface area contributed by atoms with E-state index in [-0.39, 0.29) is 0 Å². The summed E-state index contributed by atoms with van der Waals surface area (Å²) < 4.78 is 4.06. The Labute approximate surface area is 155 Å². The van der Waals surface area contributed by atoms with Crippen LogP contribution in [0.15, 0.2) is 31.0 Å². The summed E-state index contributed by atoms with van der Waals surface area (Å²) in [4.78, 5) is 8.30. The second-order valence-electron chi connectivity index (χ2n) is 6.26. The molecule has 0 atom stereocenters. The minimum Gasteiger partial charge on any atom is -0.366 e. The topological polar surface area (TPSA) is 73.5 Å². The standard InChI is InChI=1S/C16H17Cl2N7/c1-24-14(8-25-3-2-19-9-25)22-23-16(24)10-4-12(5-10)21-15-13(18)6-11(17)7-20-15/h2-3,6-7,9-10,12H,4-5,8H2,1H3,(H,20,21). The first-order valence-electron chi connectivity index (χ1n) is 8.01. The summed E-state index contributed by atoms with van der Waals surface area (Å²) in [6.07, 6.45) is 8.99. The van der Waals surface area contributed by atoms with Gasteiger partial charge < -0.3 is 14.5 Å². The lowest BCUT2D eigenvalue weighted by Gasteiger charge is -2.35. The van der Waals surface area contributed by atoms with E-state index in [1.54, 1.807) is 24.8 Å². The van der Waals surface area contributed by atoms with Crippen LogP contribution in [0.25, 0.3) is 0 Å². The molecule has 25 heavy (non-hydrogen) atoms. The van der Waals surface area contributed by atoms with Crippen LogP contribution in [0, 0.1) is 0 Å². The number of pyridine rings is 1. The van der Waals surface area contributed by atoms with Crippen molar-refractivity contribution in [3.05, 3.63) is 52.7 Å². The molecule has 0 saturated heterocycles. The van der Waals surface area contributed by atoms with Gasteiger partial charge in [-0.3, -0.25) is 0 Å². The quantitative estimate of drug-likeness (QED) is 0.739. The SMILES string of the molecule is Cn1c(Cn2ccnc2)nnc1C1CC(Nc2ncc(Cl)cc2Cl)C1. The predicted molar refractivity (Wildman–Crippen MR) is 96.0 cm³/mol. The zero-order valence-electron chi connectivity index (χ0n) is 13.6. The fourth-order valence-corrected chi connectivity index (χ4v) is 3.51. The van der Waals surface area contributed by atoms with Gasteiger partial charge in [0.1, 0.15) is 11.6 Å². The van der Waals surface area contributed by atoms with Crippen molar-refractivity contribution in [3.8, 4) is 0 Å². The molecule has 3 aromatic rings. The third-order valence-corrected chi connectivity index (χ3v) is 5.03. The molecular weight excluding hydrogens is 361 g/mol. The van der Waals surface area contributed by atoms with Gasteiger partial charge in [-0.25, -0.2) is 9.97 Å². The number of hydrogen-bond donors (Lipinski definition) is 1. The van der Waals surface area contributed by atoms with Gasteiger partial charge in [0.05, 0.1) is 22.9 Å². The van der Waals surface area contributed by atoms with E-state index >= 15 is 0 Å². The molecule has 1 N–H and O–H groups in total. The van der Waals surface area contributed by atoms with Crippen LogP contribution >= 0.6 is 23.2 Å². The smallest absolute Gasteiger partial charge is 0.152 e. The van der Waals surface area contributed by atoms with E-state index in [1.807, 2.05) is 17.8 Å². The monoisotopic (exact) mass is 377 g/mol. The largest absolute Gasteiger partial charge is 0.366 e. The molecule has 0 spiro atoms. The van der Waals surface area contributed by atoms with E-state index in [9.17, 15) is 0 Å². The minimum atomic E-state index is 0.324. The molecule has 1 fully saturated rings. The lowest BCUT2D eigenvalue weighted by Crippen LogP contribution is -2.35. The van der Waals surface area contributed by atoms with Gasteiger partial charge in [-0.05, 0) is 18.9 Å². The summed E-state index contributed by atoms with van der Waals surface area (Å²) in [5.41, 5.74) is 0. The average Bonchev–Trinajstić information content (AvgIpc) is 3.17. The van der Waals surface area contributed by atoms with Crippen LogP contribution < -0.4 is 5.32 Å². The number of hydrogen-bond acceptors (Lipinski definition) is 5. The van der Waals surface area contributed by atoms with Gasteiger partial charge in [-0.1, -0.05) is 23.2 Å². The zero-order chi connectivity index (χ0) is 17.4. The number of rotatable bonds is 5. The van der Waals surface area contributed by atoms with Crippen molar-refractivity contribution < 1.29 is 0 Å². The maximum Gasteiger partial charge on any atom is 0.152 e. The Bertz CT molecular complexity index is 869. The molecule has 3 heterocycles. The summed E-state index contributed by atoms with van der Waals surface area (Å²) in [5.74, 6) is 3.00. The molecule has 0 aromatic carbocycles. The van der Waals surface area contributed by atoms with Crippen LogP contribution in [0.3, 0.4) is 0 Å². The van der Waals surface area contributed by atoms with Crippen LogP contribution in [0.1, 0.15) is 30.4 Å². The molecule has 0 amide bonds. The maximum absolute atomic E-state index is 6.16. The number of anilines is 1. The van der Waals surface area contributed by atoms with Gasteiger partial charge in [0, 0.05) is 37.6 Å². The Hall–Kier alpha value is -2.12. The van der Waals surface area contributed by atoms with Crippen molar-refractivity contribution in [2.45, 2.75) is 31.3 Å². The lowest BCUT2D eigenvalue weighted by molar-refractivity contribution is 0.351. The highest BCUT2D eigenvalue weighted by molar-refractivity contribution is 6.35. The number of halogens is 2. The van der Waals surface area contributed by atoms with Crippen molar-refractivity contribution in [1.82, 2.24) is 29.3 Å². The van der Waals surface area contributed by atoms with Crippen molar-refractivity contribution in [2.75, 3.05) is 5.32 Å². The van der Waals surface area contributed by atoms with Gasteiger partial charge in [0.25, 0.3) is 0 Å². The van der Waals surface area contributed by atoms with E-state index in [0.29, 0.717) is 34.4 Å². The van der Waals surface area contributed by atoms with E-state index in [2.05, 4.69) is 30.0 Å². The Morgan fingerprint density at radius 2 is 2.12 bits per heavy atom. The van der Waals surface area contributed by atoms with E-state index < -0.39 is 0 Å². The van der Waals surface area contributed by atoms with Crippen LogP contribution in [0.2, 0.25) is 10.0 Å². The Morgan fingerprint density at radius 1 is 1.28 bits per heavy atom. The van der Waals surface area contributed by atoms with Crippen LogP contribution in [0.5, 0.6) is 0 Å². The number of imidazole rings is 1. The maximum atomic E-state index is 6.16. The van der Waals surface area contributed by atoms with Gasteiger partial charge in [-0.2, -0.15) is 0 Å². The van der Waals surface area contributed by atoms with E-state index in [4.69, 9.17) is 23.2 Å². The van der Waals surface area contributed by atoms with E-state index in [1.165, 1.54) is 0 Å². The second-order valence-corrected chi connectivity index (χ2v) is 7.11. The molecule has 3 aromatic heterocycles. The first-order valence-corrected chi connectivity index (χ1v) is 8.77. The molecule has 0 unspecified atom stereocenters. The molecule has 7 nitrogen and oxygen atoms in total. The fourth-order valence-electron chi connectivity index (χ4n) is 3.07. The Balaban J connectivity index is 1.38. The summed E-state index contributed by atoms with van der Waals surface area (Å²) >= 11 is 12.0. The highest BCUT2D eigenvalue weighted by Crippen LogP contribution is 2.38. The molecular formula is C16H17Cl2N7. The third-order valence-electron chi connectivity index (χ3n) is 4.53. The molecule has 130 valence electrons. The molecule has 1 aliphatic carbocycles. The molecule has 0 bridgehead atoms. The van der Waals surface area contributed by atoms with Crippen LogP contribution in [-0.2, 0) is 13.6 Å². The summed E-state index contributed by atoms with van der Waals surface area (Å²) in [6, 6.07) is 2.02. The average molecular weight is 378 g/mol. The van der Waals surface area contributed by atoms with Gasteiger partial charge in [0.15, 0.2) is 5.82 Å². The Morgan fingerprint density at radius 3 is 2.84 bits per heavy atom. The fraction of sp³-hybridized carbons (Fsp3) is 0.375. The van der Waals surface area contributed by atoms with Crippen molar-refractivity contribution in [1.29, 1.82) is 0 Å². The minimum absolute atomic E-state index is 0.324. The summed E-state index contributed by atoms with van der Waals surface area (Å²) in [5, 5.41) is 13.1. The zero-order valence-corrected chi connectivity index (χ0v) is 15.1. The van der Waals surface area contributed by atoms with E-state index in [0.717, 1.165) is 24.5 Å². The van der Waals surface area contributed by atoms with Gasteiger partial charge in [0.2, 0.25) is 0 Å². The highest BCUT2D eigenvalue weighted by Gasteiger charge is 2.34. The number of nitrogens with zero attached hydrogens (tertiary/aromatic N) is 6. The van der Waals surface area contributed by atoms with Crippen LogP contribution in [-0.4, -0.2) is 35.3 Å². The first kappa shape index (κ1) is 16.4. The van der Waals surface area contributed by atoms with Crippen molar-refractivity contribution in [2.24, 2.45) is 7.05 Å². The molecule has 1 aliphatic rings. The number of aromatic nitrogens is 6. The van der Waals surface area contributed by atoms with Gasteiger partial charge in [-0.15, -0.1) is 10.2 Å². The van der Waals surface area contributed by atoms with Gasteiger partial charge >= 0.3 is 0 Å². The summed E-state index contributed by atoms with van der Waals surface area (Å²) in [7, 11) is 2.01. The first-order chi connectivity index (χ1) is 12.1. The normalized spacial score (nSPS) is 19.6. The van der Waals surface area contributed by atoms with Crippen molar-refractivity contribution >= 4 is 29.0 Å². The molecule has 1 saturated carbocycles. The molecule has 0 radical (unpaired) electrons. The second kappa shape index (κ2) is 6.65. The number of nitrogens with one attached hydrogen (secondary N) is 1. The predicted octanol–water partition coefficient (Wildman–Crippen LogP) is 3.12. The third kappa shape index (κ3) is 3.34. The molecule has 4 rings (SSSR count). The summed E-state index contributed by atoms with van der Waals surface area (Å²) in [6.45, 7) is 0.669. The Kier molecular flexibility index (Phi) is 4.35. The molecule has 0 aliphatic heterocycles. The highest BCUT2D eigenvalue weighted by atomic mass is 35.5.